The zero-order valence-corrected chi connectivity index (χ0v) is 15.5. The summed E-state index contributed by atoms with van der Waals surface area (Å²) in [5, 5.41) is 0. The van der Waals surface area contributed by atoms with Crippen molar-refractivity contribution in [2.75, 3.05) is 13.1 Å². The first-order chi connectivity index (χ1) is 10.6. The van der Waals surface area contributed by atoms with Gasteiger partial charge in [-0.2, -0.15) is 0 Å². The maximum Gasteiger partial charge on any atom is 0.410 e. The van der Waals surface area contributed by atoms with Gasteiger partial charge in [0, 0.05) is 13.1 Å². The molecule has 1 aromatic rings. The van der Waals surface area contributed by atoms with E-state index < -0.39 is 5.60 Å². The van der Waals surface area contributed by atoms with Crippen molar-refractivity contribution in [2.45, 2.75) is 65.4 Å². The van der Waals surface area contributed by atoms with Crippen molar-refractivity contribution >= 4 is 6.09 Å². The largest absolute Gasteiger partial charge is 0.444 e. The normalized spacial score (nSPS) is 19.0. The van der Waals surface area contributed by atoms with Gasteiger partial charge in [0.2, 0.25) is 0 Å². The molecule has 0 N–H and O–H groups in total. The molecule has 1 aromatic carbocycles. The van der Waals surface area contributed by atoms with Gasteiger partial charge in [0.15, 0.2) is 0 Å². The Morgan fingerprint density at radius 3 is 2.43 bits per heavy atom. The molecule has 1 amide bonds. The van der Waals surface area contributed by atoms with E-state index in [9.17, 15) is 4.79 Å². The molecule has 0 bridgehead atoms. The summed E-state index contributed by atoms with van der Waals surface area (Å²) in [6.07, 6.45) is 1.91. The number of amides is 1. The Balaban J connectivity index is 2.00. The highest BCUT2D eigenvalue weighted by Crippen LogP contribution is 2.30. The Labute approximate surface area is 141 Å². The number of hydrogen-bond donors (Lipinski definition) is 0. The number of carbonyl (C=O) groups excluding carboxylic acids is 1. The molecule has 0 saturated carbocycles. The van der Waals surface area contributed by atoms with Crippen LogP contribution in [0.2, 0.25) is 0 Å². The first-order valence-corrected chi connectivity index (χ1v) is 8.62. The molecule has 1 atom stereocenters. The quantitative estimate of drug-likeness (QED) is 0.785. The highest BCUT2D eigenvalue weighted by molar-refractivity contribution is 5.68. The van der Waals surface area contributed by atoms with Crippen LogP contribution in [0, 0.1) is 5.92 Å². The highest BCUT2D eigenvalue weighted by Gasteiger charge is 2.30. The van der Waals surface area contributed by atoms with E-state index in [1.54, 1.807) is 0 Å². The number of hydrogen-bond acceptors (Lipinski definition) is 2. The van der Waals surface area contributed by atoms with Gasteiger partial charge < -0.3 is 9.64 Å². The number of benzene rings is 1. The molecule has 0 spiro atoms. The van der Waals surface area contributed by atoms with Crippen LogP contribution in [0.1, 0.15) is 59.1 Å². The number of rotatable bonds is 2. The van der Waals surface area contributed by atoms with Gasteiger partial charge in [0.05, 0.1) is 0 Å². The number of carbonyl (C=O) groups is 1. The first kappa shape index (κ1) is 17.8. The third-order valence-electron chi connectivity index (χ3n) is 4.27. The fourth-order valence-corrected chi connectivity index (χ4v) is 3.23. The molecule has 3 nitrogen and oxygen atoms in total. The lowest BCUT2D eigenvalue weighted by molar-refractivity contribution is 0.0288. The number of ether oxygens (including phenoxy) is 1. The van der Waals surface area contributed by atoms with Gasteiger partial charge in [0.25, 0.3) is 0 Å². The number of nitrogens with zero attached hydrogens (tertiary/aromatic N) is 1. The van der Waals surface area contributed by atoms with Crippen LogP contribution in [0.15, 0.2) is 24.3 Å². The maximum atomic E-state index is 12.2. The van der Waals surface area contributed by atoms with Crippen molar-refractivity contribution in [3.05, 3.63) is 35.4 Å². The Hall–Kier alpha value is -1.51. The lowest BCUT2D eigenvalue weighted by Gasteiger charge is -2.25. The van der Waals surface area contributed by atoms with Crippen LogP contribution in [0.4, 0.5) is 4.79 Å². The Bertz CT molecular complexity index is 551. The van der Waals surface area contributed by atoms with Crippen molar-refractivity contribution in [3.8, 4) is 0 Å². The van der Waals surface area contributed by atoms with Crippen LogP contribution in [0.5, 0.6) is 0 Å². The zero-order valence-electron chi connectivity index (χ0n) is 15.5. The second kappa shape index (κ2) is 6.54. The van der Waals surface area contributed by atoms with E-state index in [1.807, 2.05) is 25.7 Å². The lowest BCUT2D eigenvalue weighted by atomic mass is 9.81. The highest BCUT2D eigenvalue weighted by atomic mass is 16.6. The molecule has 128 valence electrons. The predicted octanol–water partition coefficient (Wildman–Crippen LogP) is 4.78. The Kier molecular flexibility index (Phi) is 5.07. The molecule has 23 heavy (non-hydrogen) atoms. The molecule has 1 unspecified atom stereocenters. The van der Waals surface area contributed by atoms with Gasteiger partial charge in [0.1, 0.15) is 5.60 Å². The molecule has 0 aromatic heterocycles. The van der Waals surface area contributed by atoms with Gasteiger partial charge in [-0.3, -0.25) is 0 Å². The number of likely N-dealkylation sites (tertiary alicyclic amines) is 1. The van der Waals surface area contributed by atoms with Gasteiger partial charge in [-0.05, 0) is 56.1 Å². The minimum absolute atomic E-state index is 0.153. The van der Waals surface area contributed by atoms with Crippen molar-refractivity contribution in [3.63, 3.8) is 0 Å². The summed E-state index contributed by atoms with van der Waals surface area (Å²) in [6.45, 7) is 14.1. The second-order valence-corrected chi connectivity index (χ2v) is 8.69. The zero-order chi connectivity index (χ0) is 17.3. The van der Waals surface area contributed by atoms with E-state index in [2.05, 4.69) is 45.0 Å². The van der Waals surface area contributed by atoms with Gasteiger partial charge in [-0.15, -0.1) is 0 Å². The van der Waals surface area contributed by atoms with Crippen LogP contribution >= 0.6 is 0 Å². The van der Waals surface area contributed by atoms with Crippen molar-refractivity contribution < 1.29 is 9.53 Å². The summed E-state index contributed by atoms with van der Waals surface area (Å²) in [4.78, 5) is 14.0. The van der Waals surface area contributed by atoms with Gasteiger partial charge >= 0.3 is 6.09 Å². The van der Waals surface area contributed by atoms with Gasteiger partial charge in [-0.25, -0.2) is 4.79 Å². The minimum atomic E-state index is -0.423. The molecule has 1 aliphatic rings. The second-order valence-electron chi connectivity index (χ2n) is 8.69. The Morgan fingerprint density at radius 2 is 1.83 bits per heavy atom. The molecule has 1 heterocycles. The SMILES string of the molecule is CC(C)(C)OC(=O)N1CCC(Cc2ccccc2C(C)(C)C)C1. The molecule has 0 radical (unpaired) electrons. The third-order valence-corrected chi connectivity index (χ3v) is 4.27. The van der Waals surface area contributed by atoms with E-state index in [1.165, 1.54) is 11.1 Å². The topological polar surface area (TPSA) is 29.5 Å². The molecule has 1 aliphatic heterocycles. The summed E-state index contributed by atoms with van der Waals surface area (Å²) >= 11 is 0. The standard InChI is InChI=1S/C20H31NO2/c1-19(2,3)17-10-8-7-9-16(17)13-15-11-12-21(14-15)18(22)23-20(4,5)6/h7-10,15H,11-14H2,1-6H3. The van der Waals surface area contributed by atoms with E-state index in [0.29, 0.717) is 5.92 Å². The molecule has 2 rings (SSSR count). The third kappa shape index (κ3) is 4.98. The van der Waals surface area contributed by atoms with E-state index in [4.69, 9.17) is 4.74 Å². The summed E-state index contributed by atoms with van der Waals surface area (Å²) in [6, 6.07) is 8.70. The molecular formula is C20H31NO2. The summed E-state index contributed by atoms with van der Waals surface area (Å²) in [5.74, 6) is 0.519. The monoisotopic (exact) mass is 317 g/mol. The van der Waals surface area contributed by atoms with Crippen molar-refractivity contribution in [2.24, 2.45) is 5.92 Å². The molecule has 1 fully saturated rings. The average molecular weight is 317 g/mol. The van der Waals surface area contributed by atoms with Crippen LogP contribution < -0.4 is 0 Å². The van der Waals surface area contributed by atoms with Crippen molar-refractivity contribution in [1.82, 2.24) is 4.90 Å². The van der Waals surface area contributed by atoms with Gasteiger partial charge in [-0.1, -0.05) is 45.0 Å². The summed E-state index contributed by atoms with van der Waals surface area (Å²) in [7, 11) is 0. The van der Waals surface area contributed by atoms with Crippen molar-refractivity contribution in [1.29, 1.82) is 0 Å². The summed E-state index contributed by atoms with van der Waals surface area (Å²) in [5.41, 5.74) is 2.56. The molecule has 3 heteroatoms. The van der Waals surface area contributed by atoms with E-state index in [-0.39, 0.29) is 11.5 Å². The molecule has 0 aliphatic carbocycles. The fourth-order valence-electron chi connectivity index (χ4n) is 3.23. The van der Waals surface area contributed by atoms with E-state index in [0.717, 1.165) is 25.9 Å². The maximum absolute atomic E-state index is 12.2. The van der Waals surface area contributed by atoms with Crippen LogP contribution in [0.3, 0.4) is 0 Å². The van der Waals surface area contributed by atoms with E-state index >= 15 is 0 Å². The van der Waals surface area contributed by atoms with Crippen LogP contribution in [-0.4, -0.2) is 29.7 Å². The van der Waals surface area contributed by atoms with Crippen LogP contribution in [0.25, 0.3) is 0 Å². The Morgan fingerprint density at radius 1 is 1.17 bits per heavy atom. The summed E-state index contributed by atoms with van der Waals surface area (Å²) < 4.78 is 5.49. The molecule has 1 saturated heterocycles. The minimum Gasteiger partial charge on any atom is -0.444 e. The smallest absolute Gasteiger partial charge is 0.410 e. The first-order valence-electron chi connectivity index (χ1n) is 8.62. The molecular weight excluding hydrogens is 286 g/mol. The predicted molar refractivity (Wildman–Crippen MR) is 94.8 cm³/mol. The van der Waals surface area contributed by atoms with Crippen LogP contribution in [-0.2, 0) is 16.6 Å². The lowest BCUT2D eigenvalue weighted by Crippen LogP contribution is -2.35. The fraction of sp³-hybridized carbons (Fsp3) is 0.650. The average Bonchev–Trinajstić information content (AvgIpc) is 2.85.